The van der Waals surface area contributed by atoms with Crippen LogP contribution in [0, 0.1) is 12.8 Å². The van der Waals surface area contributed by atoms with Gasteiger partial charge >= 0.3 is 5.97 Å². The second kappa shape index (κ2) is 6.47. The van der Waals surface area contributed by atoms with E-state index in [-0.39, 0.29) is 11.7 Å². The maximum atomic E-state index is 12.3. The highest BCUT2D eigenvalue weighted by Crippen LogP contribution is 2.40. The Morgan fingerprint density at radius 2 is 2.00 bits per heavy atom. The number of rotatable bonds is 6. The van der Waals surface area contributed by atoms with Crippen LogP contribution in [0.4, 0.5) is 5.69 Å². The Kier molecular flexibility index (Phi) is 4.38. The first kappa shape index (κ1) is 16.2. The van der Waals surface area contributed by atoms with Crippen molar-refractivity contribution in [2.75, 3.05) is 5.32 Å². The quantitative estimate of drug-likeness (QED) is 0.848. The fourth-order valence-electron chi connectivity index (χ4n) is 2.49. The molecule has 6 nitrogen and oxygen atoms in total. The van der Waals surface area contributed by atoms with Crippen LogP contribution < -0.4 is 5.32 Å². The Labute approximate surface area is 139 Å². The minimum atomic E-state index is -0.820. The zero-order chi connectivity index (χ0) is 17.3. The number of hydrogen-bond donors (Lipinski definition) is 2. The molecule has 1 aliphatic rings. The molecule has 1 unspecified atom stereocenters. The van der Waals surface area contributed by atoms with Crippen LogP contribution >= 0.6 is 0 Å². The molecule has 1 atom stereocenters. The number of nitrogens with one attached hydrogen (secondary N) is 1. The van der Waals surface area contributed by atoms with E-state index < -0.39 is 11.9 Å². The van der Waals surface area contributed by atoms with E-state index in [2.05, 4.69) is 10.3 Å². The molecule has 0 saturated heterocycles. The van der Waals surface area contributed by atoms with Crippen molar-refractivity contribution >= 4 is 17.6 Å². The number of oxazole rings is 1. The molecule has 1 heterocycles. The van der Waals surface area contributed by atoms with Crippen LogP contribution in [-0.4, -0.2) is 22.0 Å². The maximum absolute atomic E-state index is 12.3. The lowest BCUT2D eigenvalue weighted by atomic mass is 10.0. The Hall–Kier alpha value is -2.63. The fourth-order valence-corrected chi connectivity index (χ4v) is 2.49. The maximum Gasteiger partial charge on any atom is 0.306 e. The van der Waals surface area contributed by atoms with Crippen LogP contribution in [-0.2, 0) is 11.2 Å². The van der Waals surface area contributed by atoms with Gasteiger partial charge in [0.05, 0.1) is 11.6 Å². The van der Waals surface area contributed by atoms with E-state index in [9.17, 15) is 9.59 Å². The number of hydrogen-bond acceptors (Lipinski definition) is 4. The highest BCUT2D eigenvalue weighted by molar-refractivity contribution is 6.02. The molecule has 0 aliphatic heterocycles. The summed E-state index contributed by atoms with van der Waals surface area (Å²) in [5.74, 6) is -0.321. The summed E-state index contributed by atoms with van der Waals surface area (Å²) in [6.45, 7) is 3.43. The third-order valence-electron chi connectivity index (χ3n) is 4.12. The van der Waals surface area contributed by atoms with Gasteiger partial charge in [-0.15, -0.1) is 0 Å². The van der Waals surface area contributed by atoms with E-state index in [0.717, 1.165) is 18.4 Å². The number of carbonyl (C=O) groups excluding carboxylic acids is 1. The average Bonchev–Trinajstić information content (AvgIpc) is 3.31. The van der Waals surface area contributed by atoms with Crippen LogP contribution in [0.25, 0.3) is 0 Å². The SMILES string of the molecule is Cc1nc(C2CC2)oc1C(=O)Nc1ccc(CC(C)C(=O)O)cc1. The molecule has 1 aromatic heterocycles. The highest BCUT2D eigenvalue weighted by Gasteiger charge is 2.30. The summed E-state index contributed by atoms with van der Waals surface area (Å²) in [7, 11) is 0. The van der Waals surface area contributed by atoms with Crippen molar-refractivity contribution in [2.24, 2.45) is 5.92 Å². The van der Waals surface area contributed by atoms with Gasteiger partial charge in [0.15, 0.2) is 5.89 Å². The number of aromatic nitrogens is 1. The van der Waals surface area contributed by atoms with Crippen molar-refractivity contribution in [3.05, 3.63) is 47.2 Å². The first-order valence-electron chi connectivity index (χ1n) is 8.04. The predicted molar refractivity (Wildman–Crippen MR) is 88.1 cm³/mol. The minimum Gasteiger partial charge on any atom is -0.481 e. The monoisotopic (exact) mass is 328 g/mol. The number of benzene rings is 1. The highest BCUT2D eigenvalue weighted by atomic mass is 16.4. The lowest BCUT2D eigenvalue weighted by Crippen LogP contribution is -2.13. The number of amides is 1. The zero-order valence-corrected chi connectivity index (χ0v) is 13.7. The number of carboxylic acids is 1. The second-order valence-corrected chi connectivity index (χ2v) is 6.34. The minimum absolute atomic E-state index is 0.250. The van der Waals surface area contributed by atoms with Crippen molar-refractivity contribution in [2.45, 2.75) is 39.0 Å². The number of carbonyl (C=O) groups is 2. The first-order valence-corrected chi connectivity index (χ1v) is 8.04. The number of carboxylic acid groups (broad SMARTS) is 1. The van der Waals surface area contributed by atoms with Gasteiger partial charge in [0.1, 0.15) is 0 Å². The molecular formula is C18H20N2O4. The molecule has 1 aromatic carbocycles. The molecule has 1 amide bonds. The molecule has 1 fully saturated rings. The van der Waals surface area contributed by atoms with Gasteiger partial charge in [-0.2, -0.15) is 0 Å². The van der Waals surface area contributed by atoms with Gasteiger partial charge < -0.3 is 14.8 Å². The van der Waals surface area contributed by atoms with Crippen molar-refractivity contribution in [1.82, 2.24) is 4.98 Å². The van der Waals surface area contributed by atoms with Gasteiger partial charge in [0, 0.05) is 11.6 Å². The lowest BCUT2D eigenvalue weighted by Gasteiger charge is -2.08. The topological polar surface area (TPSA) is 92.4 Å². The molecule has 0 spiro atoms. The van der Waals surface area contributed by atoms with Gasteiger partial charge in [-0.25, -0.2) is 4.98 Å². The van der Waals surface area contributed by atoms with Crippen molar-refractivity contribution in [1.29, 1.82) is 0 Å². The molecular weight excluding hydrogens is 308 g/mol. The van der Waals surface area contributed by atoms with E-state index in [1.54, 1.807) is 26.0 Å². The van der Waals surface area contributed by atoms with Gasteiger partial charge in [-0.05, 0) is 43.9 Å². The zero-order valence-electron chi connectivity index (χ0n) is 13.7. The molecule has 3 rings (SSSR count). The van der Waals surface area contributed by atoms with Crippen molar-refractivity contribution < 1.29 is 19.1 Å². The number of aryl methyl sites for hydroxylation is 1. The standard InChI is InChI=1S/C18H20N2O4/c1-10(18(22)23)9-12-3-7-14(8-4-12)20-16(21)15-11(2)19-17(24-15)13-5-6-13/h3-4,7-8,10,13H,5-6,9H2,1-2H3,(H,20,21)(H,22,23). The first-order chi connectivity index (χ1) is 11.4. The number of nitrogens with zero attached hydrogens (tertiary/aromatic N) is 1. The van der Waals surface area contributed by atoms with E-state index in [4.69, 9.17) is 9.52 Å². The van der Waals surface area contributed by atoms with Crippen molar-refractivity contribution in [3.8, 4) is 0 Å². The van der Waals surface area contributed by atoms with Crippen LogP contribution in [0.5, 0.6) is 0 Å². The summed E-state index contributed by atoms with van der Waals surface area (Å²) in [6.07, 6.45) is 2.59. The largest absolute Gasteiger partial charge is 0.481 e. The molecule has 0 radical (unpaired) electrons. The van der Waals surface area contributed by atoms with E-state index in [0.29, 0.717) is 29.6 Å². The van der Waals surface area contributed by atoms with Gasteiger partial charge in [0.25, 0.3) is 5.91 Å². The third-order valence-corrected chi connectivity index (χ3v) is 4.12. The van der Waals surface area contributed by atoms with Gasteiger partial charge in [0.2, 0.25) is 5.76 Å². The number of aliphatic carboxylic acids is 1. The summed E-state index contributed by atoms with van der Waals surface area (Å²) >= 11 is 0. The summed E-state index contributed by atoms with van der Waals surface area (Å²) in [4.78, 5) is 27.5. The molecule has 2 N–H and O–H groups in total. The molecule has 2 aromatic rings. The van der Waals surface area contributed by atoms with E-state index in [1.807, 2.05) is 12.1 Å². The number of anilines is 1. The summed E-state index contributed by atoms with van der Waals surface area (Å²) in [5.41, 5.74) is 2.14. The Bertz CT molecular complexity index is 760. The van der Waals surface area contributed by atoms with Crippen molar-refractivity contribution in [3.63, 3.8) is 0 Å². The van der Waals surface area contributed by atoms with Crippen LogP contribution in [0.1, 0.15) is 53.4 Å². The Morgan fingerprint density at radius 3 is 2.58 bits per heavy atom. The fraction of sp³-hybridized carbons (Fsp3) is 0.389. The van der Waals surface area contributed by atoms with E-state index >= 15 is 0 Å². The molecule has 6 heteroatoms. The van der Waals surface area contributed by atoms with E-state index in [1.165, 1.54) is 0 Å². The smallest absolute Gasteiger partial charge is 0.306 e. The predicted octanol–water partition coefficient (Wildman–Crippen LogP) is 3.38. The molecule has 0 bridgehead atoms. The summed E-state index contributed by atoms with van der Waals surface area (Å²) in [5, 5.41) is 11.7. The summed E-state index contributed by atoms with van der Waals surface area (Å²) in [6, 6.07) is 7.15. The normalized spacial score (nSPS) is 15.1. The molecule has 24 heavy (non-hydrogen) atoms. The van der Waals surface area contributed by atoms with Crippen LogP contribution in [0.2, 0.25) is 0 Å². The Morgan fingerprint density at radius 1 is 1.33 bits per heavy atom. The van der Waals surface area contributed by atoms with Crippen LogP contribution in [0.15, 0.2) is 28.7 Å². The van der Waals surface area contributed by atoms with Crippen LogP contribution in [0.3, 0.4) is 0 Å². The molecule has 1 aliphatic carbocycles. The molecule has 126 valence electrons. The lowest BCUT2D eigenvalue weighted by molar-refractivity contribution is -0.141. The average molecular weight is 328 g/mol. The van der Waals surface area contributed by atoms with Gasteiger partial charge in [-0.3, -0.25) is 9.59 Å². The molecule has 1 saturated carbocycles. The second-order valence-electron chi connectivity index (χ2n) is 6.34. The van der Waals surface area contributed by atoms with Gasteiger partial charge in [-0.1, -0.05) is 19.1 Å². The third kappa shape index (κ3) is 3.64. The Balaban J connectivity index is 1.65. The summed E-state index contributed by atoms with van der Waals surface area (Å²) < 4.78 is 5.59.